The fourth-order valence-electron chi connectivity index (χ4n) is 3.35. The van der Waals surface area contributed by atoms with Crippen LogP contribution in [0.4, 0.5) is 18.9 Å². The Labute approximate surface area is 211 Å². The molecule has 0 aliphatic heterocycles. The van der Waals surface area contributed by atoms with Gasteiger partial charge in [0, 0.05) is 18.6 Å². The summed E-state index contributed by atoms with van der Waals surface area (Å²) in [6.45, 7) is 0.719. The SMILES string of the molecule is CC[C@H](C(=O)NC)N(Cc1ccc(Cl)cc1)C(=O)CN(c1cc(C(F)(F)F)ccc1Cl)S(C)(=O)=O. The molecule has 0 saturated carbocycles. The highest BCUT2D eigenvalue weighted by Crippen LogP contribution is 2.36. The van der Waals surface area contributed by atoms with Gasteiger partial charge in [-0.05, 0) is 42.3 Å². The molecule has 0 aromatic heterocycles. The van der Waals surface area contributed by atoms with E-state index in [2.05, 4.69) is 5.32 Å². The van der Waals surface area contributed by atoms with Crippen LogP contribution in [0.1, 0.15) is 24.5 Å². The van der Waals surface area contributed by atoms with Crippen LogP contribution in [0.2, 0.25) is 10.0 Å². The van der Waals surface area contributed by atoms with Gasteiger partial charge in [-0.2, -0.15) is 13.2 Å². The molecule has 0 unspecified atom stereocenters. The van der Waals surface area contributed by atoms with Crippen molar-refractivity contribution in [1.29, 1.82) is 0 Å². The minimum Gasteiger partial charge on any atom is -0.357 e. The van der Waals surface area contributed by atoms with Gasteiger partial charge in [-0.15, -0.1) is 0 Å². The molecular formula is C22H24Cl2F3N3O4S. The second-order valence-electron chi connectivity index (χ2n) is 7.62. The molecule has 0 bridgehead atoms. The Kier molecular flexibility index (Phi) is 9.43. The van der Waals surface area contributed by atoms with Crippen LogP contribution < -0.4 is 9.62 Å². The zero-order valence-corrected chi connectivity index (χ0v) is 21.4. The van der Waals surface area contributed by atoms with Crippen molar-refractivity contribution >= 4 is 50.7 Å². The van der Waals surface area contributed by atoms with E-state index in [4.69, 9.17) is 23.2 Å². The van der Waals surface area contributed by atoms with Crippen LogP contribution in [-0.4, -0.2) is 51.0 Å². The topological polar surface area (TPSA) is 86.8 Å². The van der Waals surface area contributed by atoms with Crippen LogP contribution in [0, 0.1) is 0 Å². The van der Waals surface area contributed by atoms with E-state index in [1.54, 1.807) is 31.2 Å². The molecule has 0 saturated heterocycles. The number of hydrogen-bond acceptors (Lipinski definition) is 4. The highest BCUT2D eigenvalue weighted by molar-refractivity contribution is 7.92. The van der Waals surface area contributed by atoms with E-state index >= 15 is 0 Å². The first-order valence-corrected chi connectivity index (χ1v) is 12.9. The Bertz CT molecular complexity index is 1180. The lowest BCUT2D eigenvalue weighted by Crippen LogP contribution is -2.51. The predicted molar refractivity (Wildman–Crippen MR) is 129 cm³/mol. The number of nitrogens with zero attached hydrogens (tertiary/aromatic N) is 2. The third-order valence-electron chi connectivity index (χ3n) is 5.12. The zero-order chi connectivity index (χ0) is 26.6. The Balaban J connectivity index is 2.52. The molecule has 2 aromatic rings. The molecule has 2 amide bonds. The molecule has 0 fully saturated rings. The number of rotatable bonds is 9. The monoisotopic (exact) mass is 553 g/mol. The van der Waals surface area contributed by atoms with E-state index in [1.807, 2.05) is 0 Å². The van der Waals surface area contributed by atoms with E-state index in [1.165, 1.54) is 11.9 Å². The molecule has 0 aliphatic rings. The highest BCUT2D eigenvalue weighted by Gasteiger charge is 2.35. The van der Waals surface area contributed by atoms with Gasteiger partial charge in [-0.1, -0.05) is 42.3 Å². The van der Waals surface area contributed by atoms with Crippen molar-refractivity contribution < 1.29 is 31.2 Å². The average molecular weight is 554 g/mol. The van der Waals surface area contributed by atoms with Crippen LogP contribution >= 0.6 is 23.2 Å². The number of sulfonamides is 1. The van der Waals surface area contributed by atoms with Crippen molar-refractivity contribution in [2.45, 2.75) is 32.1 Å². The van der Waals surface area contributed by atoms with Gasteiger partial charge >= 0.3 is 6.18 Å². The summed E-state index contributed by atoms with van der Waals surface area (Å²) >= 11 is 12.0. The van der Waals surface area contributed by atoms with Crippen LogP contribution in [0.3, 0.4) is 0 Å². The van der Waals surface area contributed by atoms with E-state index in [0.29, 0.717) is 27.0 Å². The number of carbonyl (C=O) groups is 2. The zero-order valence-electron chi connectivity index (χ0n) is 19.1. The van der Waals surface area contributed by atoms with Crippen LogP contribution in [0.15, 0.2) is 42.5 Å². The second kappa shape index (κ2) is 11.5. The number of benzene rings is 2. The van der Waals surface area contributed by atoms with Crippen molar-refractivity contribution in [1.82, 2.24) is 10.2 Å². The summed E-state index contributed by atoms with van der Waals surface area (Å²) in [5.74, 6) is -1.30. The first-order chi connectivity index (χ1) is 16.2. The van der Waals surface area contributed by atoms with Gasteiger partial charge in [0.05, 0.1) is 22.5 Å². The molecule has 13 heteroatoms. The number of anilines is 1. The summed E-state index contributed by atoms with van der Waals surface area (Å²) in [6, 6.07) is 7.66. The van der Waals surface area contributed by atoms with Crippen molar-refractivity contribution in [2.75, 3.05) is 24.2 Å². The molecule has 0 spiro atoms. The van der Waals surface area contributed by atoms with E-state index in [-0.39, 0.29) is 18.0 Å². The minimum absolute atomic E-state index is 0.0736. The van der Waals surface area contributed by atoms with E-state index < -0.39 is 51.9 Å². The predicted octanol–water partition coefficient (Wildman–Crippen LogP) is 4.33. The number of amides is 2. The summed E-state index contributed by atoms with van der Waals surface area (Å²) in [5.41, 5.74) is -1.03. The van der Waals surface area contributed by atoms with Crippen molar-refractivity contribution in [3.05, 3.63) is 63.6 Å². The average Bonchev–Trinajstić information content (AvgIpc) is 2.77. The van der Waals surface area contributed by atoms with E-state index in [9.17, 15) is 31.2 Å². The van der Waals surface area contributed by atoms with Crippen LogP contribution in [-0.2, 0) is 32.3 Å². The van der Waals surface area contributed by atoms with Gasteiger partial charge < -0.3 is 10.2 Å². The van der Waals surface area contributed by atoms with Gasteiger partial charge in [-0.3, -0.25) is 13.9 Å². The third-order valence-corrected chi connectivity index (χ3v) is 6.82. The number of likely N-dealkylation sites (N-methyl/N-ethyl adjacent to an activating group) is 1. The van der Waals surface area contributed by atoms with Crippen LogP contribution in [0.25, 0.3) is 0 Å². The lowest BCUT2D eigenvalue weighted by atomic mass is 10.1. The summed E-state index contributed by atoms with van der Waals surface area (Å²) in [5, 5.41) is 2.62. The number of nitrogens with one attached hydrogen (secondary N) is 1. The number of alkyl halides is 3. The summed E-state index contributed by atoms with van der Waals surface area (Å²) in [7, 11) is -2.86. The normalized spacial score (nSPS) is 12.7. The van der Waals surface area contributed by atoms with Crippen molar-refractivity contribution in [3.8, 4) is 0 Å². The van der Waals surface area contributed by atoms with Gasteiger partial charge in [0.15, 0.2) is 0 Å². The number of halogens is 5. The maximum absolute atomic E-state index is 13.4. The molecule has 2 aromatic carbocycles. The summed E-state index contributed by atoms with van der Waals surface area (Å²) in [4.78, 5) is 27.1. The Morgan fingerprint density at radius 2 is 1.69 bits per heavy atom. The molecule has 35 heavy (non-hydrogen) atoms. The third kappa shape index (κ3) is 7.49. The molecule has 0 heterocycles. The molecule has 1 N–H and O–H groups in total. The van der Waals surface area contributed by atoms with E-state index in [0.717, 1.165) is 12.3 Å². The van der Waals surface area contributed by atoms with Crippen molar-refractivity contribution in [3.63, 3.8) is 0 Å². The fraction of sp³-hybridized carbons (Fsp3) is 0.364. The first kappa shape index (κ1) is 28.7. The Hall–Kier alpha value is -2.50. The second-order valence-corrected chi connectivity index (χ2v) is 10.4. The quantitative estimate of drug-likeness (QED) is 0.500. The lowest BCUT2D eigenvalue weighted by Gasteiger charge is -2.33. The minimum atomic E-state index is -4.76. The number of hydrogen-bond donors (Lipinski definition) is 1. The largest absolute Gasteiger partial charge is 0.416 e. The lowest BCUT2D eigenvalue weighted by molar-refractivity contribution is -0.140. The maximum Gasteiger partial charge on any atom is 0.416 e. The van der Waals surface area contributed by atoms with Gasteiger partial charge in [-0.25, -0.2) is 8.42 Å². The molecule has 0 aliphatic carbocycles. The molecule has 7 nitrogen and oxygen atoms in total. The van der Waals surface area contributed by atoms with Gasteiger partial charge in [0.1, 0.15) is 12.6 Å². The standard InChI is InChI=1S/C22H24Cl2F3N3O4S/c1-4-18(21(32)28-2)29(12-14-5-8-16(23)9-6-14)20(31)13-30(35(3,33)34)19-11-15(22(25,26)27)7-10-17(19)24/h5-11,18H,4,12-13H2,1-3H3,(H,28,32)/t18-/m1/s1. The van der Waals surface area contributed by atoms with Gasteiger partial charge in [0.25, 0.3) is 0 Å². The Morgan fingerprint density at radius 3 is 2.17 bits per heavy atom. The highest BCUT2D eigenvalue weighted by atomic mass is 35.5. The summed E-state index contributed by atoms with van der Waals surface area (Å²) in [6.07, 6.45) is -3.82. The van der Waals surface area contributed by atoms with Crippen molar-refractivity contribution in [2.24, 2.45) is 0 Å². The smallest absolute Gasteiger partial charge is 0.357 e. The number of carbonyl (C=O) groups excluding carboxylic acids is 2. The molecule has 1 atom stereocenters. The molecule has 2 rings (SSSR count). The Morgan fingerprint density at radius 1 is 1.09 bits per heavy atom. The molecule has 192 valence electrons. The first-order valence-electron chi connectivity index (χ1n) is 10.3. The molecule has 0 radical (unpaired) electrons. The fourth-order valence-corrected chi connectivity index (χ4v) is 4.60. The molecular weight excluding hydrogens is 530 g/mol. The maximum atomic E-state index is 13.4. The van der Waals surface area contributed by atoms with Gasteiger partial charge in [0.2, 0.25) is 21.8 Å². The summed E-state index contributed by atoms with van der Waals surface area (Å²) < 4.78 is 65.4. The van der Waals surface area contributed by atoms with Crippen LogP contribution in [0.5, 0.6) is 0 Å².